The molecular weight excluding hydrogens is 316 g/mol. The number of thiophene rings is 1. The summed E-state index contributed by atoms with van der Waals surface area (Å²) in [5.41, 5.74) is 2.59. The van der Waals surface area contributed by atoms with Crippen molar-refractivity contribution >= 4 is 38.9 Å². The average molecular weight is 330 g/mol. The van der Waals surface area contributed by atoms with Gasteiger partial charge < -0.3 is 0 Å². The minimum Gasteiger partial charge on any atom is -0.143 e. The lowest BCUT2D eigenvalue weighted by Crippen LogP contribution is -1.93. The molecule has 17 heavy (non-hydrogen) atoms. The molecule has 0 aliphatic carbocycles. The Morgan fingerprint density at radius 2 is 2.06 bits per heavy atom. The van der Waals surface area contributed by atoms with Gasteiger partial charge >= 0.3 is 0 Å². The Balaban J connectivity index is 2.14. The Labute approximate surface area is 120 Å². The van der Waals surface area contributed by atoms with E-state index in [1.807, 2.05) is 0 Å². The van der Waals surface area contributed by atoms with Gasteiger partial charge in [-0.15, -0.1) is 22.9 Å². The first-order chi connectivity index (χ1) is 8.06. The first-order valence-electron chi connectivity index (χ1n) is 5.51. The van der Waals surface area contributed by atoms with Crippen molar-refractivity contribution in [3.8, 4) is 0 Å². The maximum absolute atomic E-state index is 6.47. The minimum absolute atomic E-state index is 0.0619. The Bertz CT molecular complexity index is 499. The molecule has 0 radical (unpaired) electrons. The molecule has 1 aromatic carbocycles. The monoisotopic (exact) mass is 328 g/mol. The predicted molar refractivity (Wildman–Crippen MR) is 80.2 cm³/mol. The van der Waals surface area contributed by atoms with Crippen LogP contribution in [0.5, 0.6) is 0 Å². The fourth-order valence-corrected chi connectivity index (χ4v) is 3.70. The van der Waals surface area contributed by atoms with Crippen LogP contribution >= 0.6 is 38.9 Å². The van der Waals surface area contributed by atoms with Crippen LogP contribution in [0.15, 0.2) is 34.8 Å². The van der Waals surface area contributed by atoms with Gasteiger partial charge in [0.05, 0.1) is 5.38 Å². The number of hydrogen-bond acceptors (Lipinski definition) is 1. The van der Waals surface area contributed by atoms with Crippen molar-refractivity contribution < 1.29 is 0 Å². The molecule has 0 N–H and O–H groups in total. The van der Waals surface area contributed by atoms with Crippen LogP contribution in [0.2, 0.25) is 0 Å². The van der Waals surface area contributed by atoms with Gasteiger partial charge in [0.1, 0.15) is 0 Å². The van der Waals surface area contributed by atoms with Crippen LogP contribution in [0, 0.1) is 13.8 Å². The minimum atomic E-state index is 0.0619. The van der Waals surface area contributed by atoms with E-state index in [4.69, 9.17) is 11.6 Å². The van der Waals surface area contributed by atoms with Gasteiger partial charge in [0.2, 0.25) is 0 Å². The zero-order valence-electron chi connectivity index (χ0n) is 9.84. The summed E-state index contributed by atoms with van der Waals surface area (Å²) in [7, 11) is 0. The molecule has 1 atom stereocenters. The zero-order valence-corrected chi connectivity index (χ0v) is 13.0. The van der Waals surface area contributed by atoms with E-state index in [9.17, 15) is 0 Å². The highest BCUT2D eigenvalue weighted by atomic mass is 79.9. The molecule has 0 saturated heterocycles. The number of rotatable bonds is 3. The van der Waals surface area contributed by atoms with Crippen molar-refractivity contribution in [3.63, 3.8) is 0 Å². The second kappa shape index (κ2) is 5.55. The van der Waals surface area contributed by atoms with Crippen molar-refractivity contribution in [2.24, 2.45) is 0 Å². The maximum Gasteiger partial charge on any atom is 0.0719 e. The van der Waals surface area contributed by atoms with Gasteiger partial charge in [-0.25, -0.2) is 0 Å². The van der Waals surface area contributed by atoms with Crippen LogP contribution < -0.4 is 0 Å². The fourth-order valence-electron chi connectivity index (χ4n) is 1.78. The SMILES string of the molecule is Cc1cccc(CC(Cl)c2cc(Br)c(C)s2)c1. The number of halogens is 2. The van der Waals surface area contributed by atoms with E-state index in [1.54, 1.807) is 11.3 Å². The third-order valence-corrected chi connectivity index (χ3v) is 5.45. The van der Waals surface area contributed by atoms with Crippen LogP contribution in [0.25, 0.3) is 0 Å². The molecule has 0 amide bonds. The molecule has 0 aliphatic rings. The van der Waals surface area contributed by atoms with Crippen molar-refractivity contribution in [3.05, 3.63) is 55.7 Å². The van der Waals surface area contributed by atoms with Gasteiger partial charge in [0, 0.05) is 14.2 Å². The van der Waals surface area contributed by atoms with E-state index in [2.05, 4.69) is 60.1 Å². The van der Waals surface area contributed by atoms with Crippen LogP contribution in [-0.4, -0.2) is 0 Å². The van der Waals surface area contributed by atoms with E-state index < -0.39 is 0 Å². The van der Waals surface area contributed by atoms with Crippen molar-refractivity contribution in [2.75, 3.05) is 0 Å². The normalized spacial score (nSPS) is 12.7. The highest BCUT2D eigenvalue weighted by molar-refractivity contribution is 9.10. The summed E-state index contributed by atoms with van der Waals surface area (Å²) in [6, 6.07) is 10.7. The first kappa shape index (κ1) is 13.1. The molecule has 2 aromatic rings. The smallest absolute Gasteiger partial charge is 0.0719 e. The average Bonchev–Trinajstić information content (AvgIpc) is 2.59. The standard InChI is InChI=1S/C14H14BrClS/c1-9-4-3-5-11(6-9)7-13(16)14-8-12(15)10(2)17-14/h3-6,8,13H,7H2,1-2H3. The third-order valence-electron chi connectivity index (χ3n) is 2.68. The highest BCUT2D eigenvalue weighted by Crippen LogP contribution is 2.35. The molecule has 3 heteroatoms. The van der Waals surface area contributed by atoms with Crippen molar-refractivity contribution in [1.82, 2.24) is 0 Å². The molecular formula is C14H14BrClS. The number of alkyl halides is 1. The van der Waals surface area contributed by atoms with Crippen LogP contribution in [0.3, 0.4) is 0 Å². The number of hydrogen-bond donors (Lipinski definition) is 0. The molecule has 2 rings (SSSR count). The summed E-state index contributed by atoms with van der Waals surface area (Å²) in [4.78, 5) is 2.52. The summed E-state index contributed by atoms with van der Waals surface area (Å²) < 4.78 is 1.16. The van der Waals surface area contributed by atoms with E-state index in [0.717, 1.165) is 10.9 Å². The molecule has 0 nitrogen and oxygen atoms in total. The quantitative estimate of drug-likeness (QED) is 0.638. The fraction of sp³-hybridized carbons (Fsp3) is 0.286. The first-order valence-corrected chi connectivity index (χ1v) is 7.56. The second-order valence-corrected chi connectivity index (χ2v) is 6.88. The van der Waals surface area contributed by atoms with Gasteiger partial charge in [-0.05, 0) is 47.8 Å². The zero-order chi connectivity index (χ0) is 12.4. The van der Waals surface area contributed by atoms with Crippen LogP contribution in [-0.2, 0) is 6.42 Å². The third kappa shape index (κ3) is 3.34. The molecule has 1 aromatic heterocycles. The van der Waals surface area contributed by atoms with Crippen molar-refractivity contribution in [2.45, 2.75) is 25.6 Å². The Morgan fingerprint density at radius 1 is 1.29 bits per heavy atom. The van der Waals surface area contributed by atoms with E-state index in [1.165, 1.54) is 20.9 Å². The molecule has 0 fully saturated rings. The van der Waals surface area contributed by atoms with E-state index >= 15 is 0 Å². The molecule has 0 spiro atoms. The van der Waals surface area contributed by atoms with Crippen molar-refractivity contribution in [1.29, 1.82) is 0 Å². The van der Waals surface area contributed by atoms with Gasteiger partial charge in [-0.2, -0.15) is 0 Å². The lowest BCUT2D eigenvalue weighted by molar-refractivity contribution is 0.937. The van der Waals surface area contributed by atoms with Crippen LogP contribution in [0.4, 0.5) is 0 Å². The summed E-state index contributed by atoms with van der Waals surface area (Å²) in [5.74, 6) is 0. The lowest BCUT2D eigenvalue weighted by Gasteiger charge is -2.07. The second-order valence-electron chi connectivity index (χ2n) is 4.21. The summed E-state index contributed by atoms with van der Waals surface area (Å²) in [5, 5.41) is 0.0619. The number of aryl methyl sites for hydroxylation is 2. The number of benzene rings is 1. The Kier molecular flexibility index (Phi) is 4.29. The Morgan fingerprint density at radius 3 is 2.65 bits per heavy atom. The topological polar surface area (TPSA) is 0 Å². The maximum atomic E-state index is 6.47. The summed E-state index contributed by atoms with van der Waals surface area (Å²) in [6.07, 6.45) is 0.885. The summed E-state index contributed by atoms with van der Waals surface area (Å²) >= 11 is 11.8. The van der Waals surface area contributed by atoms with Gasteiger partial charge in [0.15, 0.2) is 0 Å². The van der Waals surface area contributed by atoms with E-state index in [0.29, 0.717) is 0 Å². The lowest BCUT2D eigenvalue weighted by atomic mass is 10.1. The molecule has 1 heterocycles. The molecule has 90 valence electrons. The predicted octanol–water partition coefficient (Wildman–Crippen LogP) is 5.65. The molecule has 0 aliphatic heterocycles. The highest BCUT2D eigenvalue weighted by Gasteiger charge is 2.13. The largest absolute Gasteiger partial charge is 0.143 e. The molecule has 0 bridgehead atoms. The van der Waals surface area contributed by atoms with Gasteiger partial charge in [-0.3, -0.25) is 0 Å². The van der Waals surface area contributed by atoms with Gasteiger partial charge in [-0.1, -0.05) is 29.8 Å². The van der Waals surface area contributed by atoms with E-state index in [-0.39, 0.29) is 5.38 Å². The van der Waals surface area contributed by atoms with Crippen LogP contribution in [0.1, 0.15) is 26.3 Å². The summed E-state index contributed by atoms with van der Waals surface area (Å²) in [6.45, 7) is 4.22. The Hall–Kier alpha value is -0.310. The van der Waals surface area contributed by atoms with Gasteiger partial charge in [0.25, 0.3) is 0 Å². The molecule has 1 unspecified atom stereocenters. The molecule has 0 saturated carbocycles.